The highest BCUT2D eigenvalue weighted by molar-refractivity contribution is 7.91. The molecule has 1 aromatic carbocycles. The van der Waals surface area contributed by atoms with Gasteiger partial charge in [0.2, 0.25) is 27.7 Å². The zero-order valence-electron chi connectivity index (χ0n) is 33.6. The Morgan fingerprint density at radius 3 is 2.47 bits per heavy atom. The summed E-state index contributed by atoms with van der Waals surface area (Å²) >= 11 is 0. The van der Waals surface area contributed by atoms with Crippen LogP contribution in [0, 0.1) is 23.6 Å². The second-order valence-corrected chi connectivity index (χ2v) is 18.6. The number of benzene rings is 1. The van der Waals surface area contributed by atoms with Crippen LogP contribution < -0.4 is 19.5 Å². The number of halogens is 4. The first-order valence-electron chi connectivity index (χ1n) is 20.0. The summed E-state index contributed by atoms with van der Waals surface area (Å²) in [7, 11) is -4.05. The van der Waals surface area contributed by atoms with Crippen LogP contribution in [0.25, 0.3) is 10.8 Å². The fourth-order valence-electron chi connectivity index (χ4n) is 8.34. The van der Waals surface area contributed by atoms with Gasteiger partial charge >= 0.3 is 12.3 Å². The van der Waals surface area contributed by atoms with Gasteiger partial charge in [-0.2, -0.15) is 13.2 Å². The highest BCUT2D eigenvalue weighted by Gasteiger charge is 2.63. The number of pyridine rings is 1. The first kappa shape index (κ1) is 43.9. The number of carbonyl (C=O) groups is 4. The van der Waals surface area contributed by atoms with E-state index in [0.717, 1.165) is 11.0 Å². The number of rotatable bonds is 10. The Labute approximate surface area is 340 Å². The number of carboxylic acid groups (broad SMARTS) is 1. The van der Waals surface area contributed by atoms with E-state index in [1.807, 2.05) is 6.92 Å². The minimum Gasteiger partial charge on any atom is -0.491 e. The molecule has 4 amide bonds. The molecule has 4 aliphatic rings. The zero-order chi connectivity index (χ0) is 43.2. The van der Waals surface area contributed by atoms with Crippen molar-refractivity contribution in [3.63, 3.8) is 0 Å². The predicted molar refractivity (Wildman–Crippen MR) is 206 cm³/mol. The summed E-state index contributed by atoms with van der Waals surface area (Å²) in [5.41, 5.74) is -4.80. The molecule has 0 radical (unpaired) electrons. The SMILES string of the molecule is CCOc1cc2ccnc(O[C@@H]3C[C@H]4C(=O)N[C@]5(C(=O)NS(=O)(=O)C6CC6)C[C@H]5/C=C\CC[C@@H](C)C[C@@H](CC)[C@H](N(C(=O)O)C(C)(C)C(F)(F)F)C(=O)N4C3)c2cc1F. The lowest BCUT2D eigenvalue weighted by Gasteiger charge is -2.46. The van der Waals surface area contributed by atoms with Gasteiger partial charge in [-0.05, 0) is 94.7 Å². The molecule has 19 heteroatoms. The van der Waals surface area contributed by atoms with E-state index in [9.17, 15) is 41.1 Å². The summed E-state index contributed by atoms with van der Waals surface area (Å²) in [4.78, 5) is 61.9. The largest absolute Gasteiger partial charge is 0.491 e. The Morgan fingerprint density at radius 1 is 1.14 bits per heavy atom. The van der Waals surface area contributed by atoms with E-state index in [-0.39, 0.29) is 60.1 Å². The van der Waals surface area contributed by atoms with Crippen molar-refractivity contribution in [2.75, 3.05) is 13.2 Å². The Kier molecular flexibility index (Phi) is 12.2. The van der Waals surface area contributed by atoms with Crippen LogP contribution in [0.3, 0.4) is 0 Å². The highest BCUT2D eigenvalue weighted by Crippen LogP contribution is 2.47. The minimum atomic E-state index is -5.12. The van der Waals surface area contributed by atoms with Crippen molar-refractivity contribution in [1.29, 1.82) is 0 Å². The van der Waals surface area contributed by atoms with E-state index >= 15 is 9.18 Å². The Hall–Kier alpha value is -4.68. The third kappa shape index (κ3) is 8.80. The fraction of sp³-hybridized carbons (Fsp3) is 0.625. The molecule has 2 aromatic rings. The number of nitrogens with zero attached hydrogens (tertiary/aromatic N) is 3. The number of ether oxygens (including phenoxy) is 2. The fourth-order valence-corrected chi connectivity index (χ4v) is 9.70. The molecule has 2 aliphatic heterocycles. The van der Waals surface area contributed by atoms with Crippen LogP contribution in [0.4, 0.5) is 22.4 Å². The van der Waals surface area contributed by atoms with E-state index < -0.39 is 98.7 Å². The van der Waals surface area contributed by atoms with Crippen molar-refractivity contribution >= 4 is 44.6 Å². The van der Waals surface area contributed by atoms with E-state index in [4.69, 9.17) is 9.47 Å². The zero-order valence-corrected chi connectivity index (χ0v) is 34.4. The van der Waals surface area contributed by atoms with Gasteiger partial charge in [-0.25, -0.2) is 22.6 Å². The second kappa shape index (κ2) is 16.4. The number of sulfonamides is 1. The predicted octanol–water partition coefficient (Wildman–Crippen LogP) is 5.70. The van der Waals surface area contributed by atoms with Gasteiger partial charge in [-0.15, -0.1) is 0 Å². The number of fused-ring (bicyclic) bond motifs is 3. The van der Waals surface area contributed by atoms with E-state index in [2.05, 4.69) is 15.0 Å². The molecule has 1 aromatic heterocycles. The Morgan fingerprint density at radius 2 is 1.85 bits per heavy atom. The first-order valence-corrected chi connectivity index (χ1v) is 21.5. The molecule has 2 saturated carbocycles. The number of carbonyl (C=O) groups excluding carboxylic acids is 3. The van der Waals surface area contributed by atoms with Crippen LogP contribution in [0.2, 0.25) is 0 Å². The van der Waals surface area contributed by atoms with Gasteiger partial charge in [0.05, 0.1) is 18.4 Å². The van der Waals surface area contributed by atoms with Gasteiger partial charge in [0.1, 0.15) is 29.3 Å². The maximum absolute atomic E-state index is 15.1. The lowest BCUT2D eigenvalue weighted by atomic mass is 9.82. The smallest absolute Gasteiger partial charge is 0.411 e. The lowest BCUT2D eigenvalue weighted by Crippen LogP contribution is -2.66. The number of nitrogens with one attached hydrogen (secondary N) is 2. The number of allylic oxidation sites excluding steroid dienone is 1. The standard InChI is InChI=1S/C40H51F4N5O9S/c1-6-23-16-22(3)10-8-9-11-25-20-39(25,36(52)47-59(55,56)27-12-13-27)46-33(50)30-18-26(58-34-28-19-29(41)31(57-7-2)17-24(28)14-15-45-34)21-48(30)35(51)32(23)49(37(53)54)38(4,5)40(42,43)44/h9,11,14-15,17,19,22-23,25-27,30,32H,6-8,10,12-13,16,18,20-21H2,1-5H3,(H,46,50)(H,47,52)(H,53,54)/b11-9-/t22-,23-,25-,26-,30+,32+,39-/m1/s1. The number of alkyl halides is 3. The summed E-state index contributed by atoms with van der Waals surface area (Å²) < 4.78 is 99.0. The third-order valence-corrected chi connectivity index (χ3v) is 13.9. The Balaban J connectivity index is 1.44. The van der Waals surface area contributed by atoms with Gasteiger partial charge in [-0.3, -0.25) is 24.0 Å². The molecule has 6 rings (SSSR count). The number of amides is 4. The molecule has 3 heterocycles. The van der Waals surface area contributed by atoms with Crippen LogP contribution in [-0.2, 0) is 24.4 Å². The van der Waals surface area contributed by atoms with Crippen LogP contribution in [-0.4, -0.2) is 106 Å². The number of hydrogen-bond acceptors (Lipinski definition) is 9. The van der Waals surface area contributed by atoms with Crippen molar-refractivity contribution in [2.24, 2.45) is 17.8 Å². The normalized spacial score (nSPS) is 28.7. The van der Waals surface area contributed by atoms with Crippen molar-refractivity contribution in [3.8, 4) is 11.6 Å². The summed E-state index contributed by atoms with van der Waals surface area (Å²) in [6.07, 6.45) is -1.63. The first-order chi connectivity index (χ1) is 27.6. The molecule has 2 aliphatic carbocycles. The lowest BCUT2D eigenvalue weighted by molar-refractivity contribution is -0.222. The van der Waals surface area contributed by atoms with E-state index in [0.29, 0.717) is 44.9 Å². The van der Waals surface area contributed by atoms with Crippen molar-refractivity contribution in [3.05, 3.63) is 42.4 Å². The quantitative estimate of drug-likeness (QED) is 0.198. The van der Waals surface area contributed by atoms with E-state index in [1.165, 1.54) is 12.3 Å². The monoisotopic (exact) mass is 853 g/mol. The molecule has 14 nitrogen and oxygen atoms in total. The average molecular weight is 854 g/mol. The molecule has 1 saturated heterocycles. The molecular formula is C40H51F4N5O9S. The van der Waals surface area contributed by atoms with Crippen molar-refractivity contribution < 1.29 is 59.7 Å². The number of aromatic nitrogens is 1. The summed E-state index contributed by atoms with van der Waals surface area (Å²) in [5.74, 6) is -5.55. The van der Waals surface area contributed by atoms with Crippen LogP contribution in [0.15, 0.2) is 36.5 Å². The molecule has 3 fully saturated rings. The maximum Gasteiger partial charge on any atom is 0.411 e. The second-order valence-electron chi connectivity index (χ2n) is 16.7. The van der Waals surface area contributed by atoms with Gasteiger partial charge in [0.15, 0.2) is 11.6 Å². The number of hydrogen-bond donors (Lipinski definition) is 3. The van der Waals surface area contributed by atoms with Crippen LogP contribution >= 0.6 is 0 Å². The van der Waals surface area contributed by atoms with Gasteiger partial charge in [-0.1, -0.05) is 32.4 Å². The van der Waals surface area contributed by atoms with Crippen LogP contribution in [0.1, 0.15) is 86.0 Å². The van der Waals surface area contributed by atoms with Crippen LogP contribution in [0.5, 0.6) is 11.6 Å². The van der Waals surface area contributed by atoms with E-state index in [1.54, 1.807) is 32.1 Å². The maximum atomic E-state index is 15.1. The Bertz CT molecular complexity index is 2110. The van der Waals surface area contributed by atoms with Crippen molar-refractivity contribution in [1.82, 2.24) is 24.8 Å². The molecule has 324 valence electrons. The van der Waals surface area contributed by atoms with Gasteiger partial charge in [0.25, 0.3) is 5.91 Å². The van der Waals surface area contributed by atoms with Gasteiger partial charge in [0, 0.05) is 23.9 Å². The summed E-state index contributed by atoms with van der Waals surface area (Å²) in [6, 6.07) is 0.730. The summed E-state index contributed by atoms with van der Waals surface area (Å²) in [5, 5.41) is 13.2. The summed E-state index contributed by atoms with van der Waals surface area (Å²) in [6.45, 7) is 6.31. The molecule has 0 bridgehead atoms. The highest BCUT2D eigenvalue weighted by atomic mass is 32.2. The van der Waals surface area contributed by atoms with Gasteiger partial charge < -0.3 is 24.8 Å². The van der Waals surface area contributed by atoms with Crippen molar-refractivity contribution in [2.45, 2.75) is 127 Å². The minimum absolute atomic E-state index is 0.0158. The molecular weight excluding hydrogens is 803 g/mol. The topological polar surface area (TPSA) is 185 Å². The average Bonchev–Trinajstić information content (AvgIpc) is 4.08. The molecule has 3 N–H and O–H groups in total. The molecule has 0 unspecified atom stereocenters. The third-order valence-electron chi connectivity index (χ3n) is 12.1. The molecule has 7 atom stereocenters. The molecule has 59 heavy (non-hydrogen) atoms. The molecule has 0 spiro atoms.